The van der Waals surface area contributed by atoms with Crippen LogP contribution in [0.25, 0.3) is 0 Å². The summed E-state index contributed by atoms with van der Waals surface area (Å²) in [5.41, 5.74) is 5.77. The lowest BCUT2D eigenvalue weighted by Crippen LogP contribution is -2.48. The molecule has 4 nitrogen and oxygen atoms in total. The quantitative estimate of drug-likeness (QED) is 0.747. The van der Waals surface area contributed by atoms with E-state index in [2.05, 4.69) is 5.32 Å². The Hall–Kier alpha value is -1.69. The van der Waals surface area contributed by atoms with E-state index in [0.717, 1.165) is 37.8 Å². The van der Waals surface area contributed by atoms with Crippen molar-refractivity contribution in [1.29, 1.82) is 0 Å². The number of hydrogen-bond donors (Lipinski definition) is 3. The van der Waals surface area contributed by atoms with Crippen LogP contribution in [-0.2, 0) is 0 Å². The van der Waals surface area contributed by atoms with Crippen LogP contribution >= 0.6 is 12.2 Å². The zero-order valence-corrected chi connectivity index (χ0v) is 12.5. The highest BCUT2D eigenvalue weighted by Crippen LogP contribution is 2.27. The van der Waals surface area contributed by atoms with Gasteiger partial charge < -0.3 is 16.2 Å². The van der Waals surface area contributed by atoms with E-state index in [9.17, 15) is 14.3 Å². The van der Waals surface area contributed by atoms with Crippen molar-refractivity contribution in [3.05, 3.63) is 29.6 Å². The minimum absolute atomic E-state index is 0.0217. The summed E-state index contributed by atoms with van der Waals surface area (Å²) in [6.45, 7) is 0. The van der Waals surface area contributed by atoms with E-state index < -0.39 is 23.5 Å². The topological polar surface area (TPSA) is 75.3 Å². The van der Waals surface area contributed by atoms with Gasteiger partial charge in [0, 0.05) is 6.07 Å². The molecule has 114 valence electrons. The van der Waals surface area contributed by atoms with Crippen LogP contribution in [0.1, 0.15) is 42.5 Å². The predicted molar refractivity (Wildman–Crippen MR) is 82.7 cm³/mol. The van der Waals surface area contributed by atoms with Crippen LogP contribution in [0.2, 0.25) is 0 Å². The molecule has 0 radical (unpaired) electrons. The number of rotatable bonds is 4. The Morgan fingerprint density at radius 2 is 2.05 bits per heavy atom. The first kappa shape index (κ1) is 15.7. The Morgan fingerprint density at radius 1 is 1.38 bits per heavy atom. The first-order valence-corrected chi connectivity index (χ1v) is 7.48. The second-order valence-corrected chi connectivity index (χ2v) is 5.88. The number of nitrogens with two attached hydrogens (primary N) is 1. The summed E-state index contributed by atoms with van der Waals surface area (Å²) in [6.07, 6.45) is 5.32. The molecule has 4 N–H and O–H groups in total. The van der Waals surface area contributed by atoms with Crippen LogP contribution < -0.4 is 11.1 Å². The first-order valence-electron chi connectivity index (χ1n) is 7.07. The number of thiocarbonyl (C=S) groups is 1. The number of phenols is 1. The number of aromatic hydroxyl groups is 1. The fourth-order valence-corrected chi connectivity index (χ4v) is 3.06. The van der Waals surface area contributed by atoms with E-state index in [1.807, 2.05) is 0 Å². The molecule has 0 heterocycles. The van der Waals surface area contributed by atoms with Crippen LogP contribution in [0, 0.1) is 11.7 Å². The van der Waals surface area contributed by atoms with Crippen molar-refractivity contribution < 1.29 is 14.3 Å². The van der Waals surface area contributed by atoms with Gasteiger partial charge in [-0.1, -0.05) is 31.5 Å². The largest absolute Gasteiger partial charge is 0.507 e. The van der Waals surface area contributed by atoms with Gasteiger partial charge in [-0.25, -0.2) is 4.39 Å². The summed E-state index contributed by atoms with van der Waals surface area (Å²) in [5, 5.41) is 12.4. The summed E-state index contributed by atoms with van der Waals surface area (Å²) in [4.78, 5) is 12.5. The molecular weight excluding hydrogens is 291 g/mol. The average molecular weight is 310 g/mol. The molecule has 1 aromatic carbocycles. The summed E-state index contributed by atoms with van der Waals surface area (Å²) in [6, 6.07) is 2.89. The molecule has 0 saturated heterocycles. The third kappa shape index (κ3) is 3.91. The molecule has 1 fully saturated rings. The van der Waals surface area contributed by atoms with Crippen molar-refractivity contribution in [3.8, 4) is 5.75 Å². The Bertz CT molecular complexity index is 544. The molecule has 1 atom stereocenters. The second-order valence-electron chi connectivity index (χ2n) is 5.41. The zero-order chi connectivity index (χ0) is 15.4. The highest BCUT2D eigenvalue weighted by molar-refractivity contribution is 7.80. The van der Waals surface area contributed by atoms with Crippen LogP contribution in [0.15, 0.2) is 18.2 Å². The van der Waals surface area contributed by atoms with E-state index in [1.165, 1.54) is 12.5 Å². The molecule has 0 bridgehead atoms. The van der Waals surface area contributed by atoms with Crippen LogP contribution in [0.3, 0.4) is 0 Å². The summed E-state index contributed by atoms with van der Waals surface area (Å²) in [7, 11) is 0. The lowest BCUT2D eigenvalue weighted by molar-refractivity contribution is 0.0929. The predicted octanol–water partition coefficient (Wildman–Crippen LogP) is 2.50. The fraction of sp³-hybridized carbons (Fsp3) is 0.467. The summed E-state index contributed by atoms with van der Waals surface area (Å²) < 4.78 is 13.0. The van der Waals surface area contributed by atoms with Crippen molar-refractivity contribution >= 4 is 23.1 Å². The Morgan fingerprint density at radius 3 is 2.62 bits per heavy atom. The number of nitrogens with one attached hydrogen (secondary N) is 1. The number of phenolic OH excluding ortho intramolecular Hbond substituents is 1. The van der Waals surface area contributed by atoms with Gasteiger partial charge in [0.2, 0.25) is 0 Å². The molecular formula is C15H19FN2O2S. The van der Waals surface area contributed by atoms with Gasteiger partial charge in [0.05, 0.1) is 16.6 Å². The molecule has 1 aliphatic rings. The molecule has 6 heteroatoms. The van der Waals surface area contributed by atoms with Gasteiger partial charge in [-0.15, -0.1) is 0 Å². The molecule has 0 aliphatic heterocycles. The lowest BCUT2D eigenvalue weighted by Gasteiger charge is -2.30. The number of amides is 1. The lowest BCUT2D eigenvalue weighted by atomic mass is 9.83. The van der Waals surface area contributed by atoms with Gasteiger partial charge in [0.15, 0.2) is 0 Å². The minimum atomic E-state index is -0.595. The summed E-state index contributed by atoms with van der Waals surface area (Å²) >= 11 is 5.06. The molecule has 1 unspecified atom stereocenters. The molecule has 1 aliphatic carbocycles. The maximum absolute atomic E-state index is 13.0. The normalized spacial score (nSPS) is 17.2. The molecule has 2 rings (SSSR count). The summed E-state index contributed by atoms with van der Waals surface area (Å²) in [5.74, 6) is -1.25. The molecule has 1 saturated carbocycles. The molecule has 21 heavy (non-hydrogen) atoms. The molecule has 0 spiro atoms. The maximum Gasteiger partial charge on any atom is 0.255 e. The third-order valence-corrected chi connectivity index (χ3v) is 4.17. The molecule has 1 amide bonds. The smallest absolute Gasteiger partial charge is 0.255 e. The van der Waals surface area contributed by atoms with Gasteiger partial charge in [0.1, 0.15) is 11.6 Å². The van der Waals surface area contributed by atoms with Gasteiger partial charge in [-0.3, -0.25) is 4.79 Å². The molecule has 1 aromatic rings. The monoisotopic (exact) mass is 310 g/mol. The van der Waals surface area contributed by atoms with E-state index >= 15 is 0 Å². The Kier molecular flexibility index (Phi) is 5.12. The number of carbonyl (C=O) groups excluding carboxylic acids is 1. The van der Waals surface area contributed by atoms with E-state index in [0.29, 0.717) is 0 Å². The Balaban J connectivity index is 2.12. The average Bonchev–Trinajstić information content (AvgIpc) is 2.45. The fourth-order valence-electron chi connectivity index (χ4n) is 2.80. The molecule has 0 aromatic heterocycles. The SMILES string of the molecule is NC(=S)C(NC(=O)c1ccc(F)cc1O)C1CCCCC1. The first-order chi connectivity index (χ1) is 9.99. The van der Waals surface area contributed by atoms with Gasteiger partial charge in [-0.2, -0.15) is 0 Å². The Labute approximate surface area is 128 Å². The number of halogens is 1. The van der Waals surface area contributed by atoms with Crippen molar-refractivity contribution in [1.82, 2.24) is 5.32 Å². The standard InChI is InChI=1S/C15H19FN2O2S/c16-10-6-7-11(12(19)8-10)15(20)18-13(14(17)21)9-4-2-1-3-5-9/h6-9,13,19H,1-5H2,(H2,17,21)(H,18,20). The van der Waals surface area contributed by atoms with Crippen LogP contribution in [0.5, 0.6) is 5.75 Å². The van der Waals surface area contributed by atoms with Crippen molar-refractivity contribution in [2.75, 3.05) is 0 Å². The van der Waals surface area contributed by atoms with Gasteiger partial charge in [0.25, 0.3) is 5.91 Å². The van der Waals surface area contributed by atoms with Gasteiger partial charge in [-0.05, 0) is 30.9 Å². The van der Waals surface area contributed by atoms with Crippen LogP contribution in [0.4, 0.5) is 4.39 Å². The third-order valence-electron chi connectivity index (χ3n) is 3.92. The highest BCUT2D eigenvalue weighted by atomic mass is 32.1. The maximum atomic E-state index is 13.0. The zero-order valence-electron chi connectivity index (χ0n) is 11.6. The minimum Gasteiger partial charge on any atom is -0.507 e. The van der Waals surface area contributed by atoms with E-state index in [4.69, 9.17) is 18.0 Å². The number of benzene rings is 1. The van der Waals surface area contributed by atoms with Crippen molar-refractivity contribution in [2.45, 2.75) is 38.1 Å². The van der Waals surface area contributed by atoms with E-state index in [-0.39, 0.29) is 16.5 Å². The van der Waals surface area contributed by atoms with Crippen molar-refractivity contribution in [2.24, 2.45) is 11.7 Å². The second kappa shape index (κ2) is 6.85. The number of carbonyl (C=O) groups is 1. The highest BCUT2D eigenvalue weighted by Gasteiger charge is 2.28. The van der Waals surface area contributed by atoms with Gasteiger partial charge >= 0.3 is 0 Å². The van der Waals surface area contributed by atoms with Crippen molar-refractivity contribution in [3.63, 3.8) is 0 Å². The van der Waals surface area contributed by atoms with Crippen LogP contribution in [-0.4, -0.2) is 22.0 Å². The van der Waals surface area contributed by atoms with E-state index in [1.54, 1.807) is 0 Å². The number of hydrogen-bond acceptors (Lipinski definition) is 3.